The molecule has 1 aromatic heterocycles. The van der Waals surface area contributed by atoms with E-state index in [0.717, 1.165) is 24.8 Å². The second-order valence-electron chi connectivity index (χ2n) is 5.02. The molecule has 0 saturated heterocycles. The van der Waals surface area contributed by atoms with Gasteiger partial charge in [-0.2, -0.15) is 4.98 Å². The summed E-state index contributed by atoms with van der Waals surface area (Å²) in [4.78, 5) is 8.56. The maximum Gasteiger partial charge on any atom is 0.224 e. The minimum absolute atomic E-state index is 0.707. The third kappa shape index (κ3) is 4.17. The van der Waals surface area contributed by atoms with E-state index in [1.807, 2.05) is 13.0 Å². The van der Waals surface area contributed by atoms with Gasteiger partial charge in [0.2, 0.25) is 5.95 Å². The number of rotatable bonds is 7. The molecule has 0 bridgehead atoms. The number of hydrogen-bond donors (Lipinski definition) is 2. The van der Waals surface area contributed by atoms with Gasteiger partial charge in [-0.25, -0.2) is 4.98 Å². The van der Waals surface area contributed by atoms with E-state index in [4.69, 9.17) is 0 Å². The van der Waals surface area contributed by atoms with Crippen molar-refractivity contribution in [3.05, 3.63) is 12.3 Å². The zero-order valence-electron chi connectivity index (χ0n) is 11.3. The van der Waals surface area contributed by atoms with Gasteiger partial charge in [0.05, 0.1) is 0 Å². The Kier molecular flexibility index (Phi) is 5.24. The Bertz CT molecular complexity index is 347. The van der Waals surface area contributed by atoms with Crippen LogP contribution in [0.3, 0.4) is 0 Å². The monoisotopic (exact) mass is 248 g/mol. The minimum Gasteiger partial charge on any atom is -0.370 e. The van der Waals surface area contributed by atoms with E-state index in [2.05, 4.69) is 20.6 Å². The molecule has 0 atom stereocenters. The van der Waals surface area contributed by atoms with Gasteiger partial charge < -0.3 is 10.6 Å². The second-order valence-corrected chi connectivity index (χ2v) is 5.02. The van der Waals surface area contributed by atoms with Gasteiger partial charge in [-0.05, 0) is 31.7 Å². The zero-order valence-corrected chi connectivity index (χ0v) is 11.3. The lowest BCUT2D eigenvalue weighted by Crippen LogP contribution is -2.08. The van der Waals surface area contributed by atoms with Gasteiger partial charge in [-0.15, -0.1) is 0 Å². The fourth-order valence-electron chi connectivity index (χ4n) is 2.61. The maximum atomic E-state index is 4.40. The lowest BCUT2D eigenvalue weighted by atomic mass is 10.0. The van der Waals surface area contributed by atoms with Gasteiger partial charge in [0.1, 0.15) is 5.82 Å². The SMILES string of the molecule is CCNc1nccc(NCCCC2CCCC2)n1. The molecule has 0 aliphatic heterocycles. The summed E-state index contributed by atoms with van der Waals surface area (Å²) >= 11 is 0. The Balaban J connectivity index is 1.67. The Hall–Kier alpha value is -1.32. The van der Waals surface area contributed by atoms with Crippen LogP contribution < -0.4 is 10.6 Å². The molecule has 1 fully saturated rings. The molecule has 0 radical (unpaired) electrons. The van der Waals surface area contributed by atoms with Crippen molar-refractivity contribution < 1.29 is 0 Å². The predicted octanol–water partition coefficient (Wildman–Crippen LogP) is 3.29. The van der Waals surface area contributed by atoms with Crippen molar-refractivity contribution in [2.24, 2.45) is 5.92 Å². The van der Waals surface area contributed by atoms with Gasteiger partial charge in [-0.1, -0.05) is 25.7 Å². The van der Waals surface area contributed by atoms with E-state index < -0.39 is 0 Å². The normalized spacial score (nSPS) is 15.8. The Morgan fingerprint density at radius 2 is 2.11 bits per heavy atom. The molecule has 4 nitrogen and oxygen atoms in total. The lowest BCUT2D eigenvalue weighted by Gasteiger charge is -2.10. The molecule has 18 heavy (non-hydrogen) atoms. The molecule has 1 heterocycles. The molecular formula is C14H24N4. The van der Waals surface area contributed by atoms with Crippen LogP contribution in [0.25, 0.3) is 0 Å². The molecule has 1 aliphatic rings. The predicted molar refractivity (Wildman–Crippen MR) is 75.9 cm³/mol. The summed E-state index contributed by atoms with van der Waals surface area (Å²) in [6.45, 7) is 3.91. The molecule has 2 rings (SSSR count). The van der Waals surface area contributed by atoms with E-state index in [1.54, 1.807) is 6.20 Å². The molecule has 100 valence electrons. The highest BCUT2D eigenvalue weighted by molar-refractivity contribution is 5.39. The topological polar surface area (TPSA) is 49.8 Å². The third-order valence-electron chi connectivity index (χ3n) is 3.56. The Morgan fingerprint density at radius 3 is 2.89 bits per heavy atom. The molecule has 1 aliphatic carbocycles. The summed E-state index contributed by atoms with van der Waals surface area (Å²) in [5.74, 6) is 2.61. The van der Waals surface area contributed by atoms with Crippen LogP contribution >= 0.6 is 0 Å². The van der Waals surface area contributed by atoms with Crippen molar-refractivity contribution in [1.82, 2.24) is 9.97 Å². The summed E-state index contributed by atoms with van der Waals surface area (Å²) in [6, 6.07) is 1.93. The number of nitrogens with one attached hydrogen (secondary N) is 2. The Labute approximate surface area is 110 Å². The first-order chi connectivity index (χ1) is 8.88. The van der Waals surface area contributed by atoms with Crippen molar-refractivity contribution in [2.75, 3.05) is 23.7 Å². The first-order valence-corrected chi connectivity index (χ1v) is 7.19. The van der Waals surface area contributed by atoms with Crippen molar-refractivity contribution in [2.45, 2.75) is 45.4 Å². The fraction of sp³-hybridized carbons (Fsp3) is 0.714. The van der Waals surface area contributed by atoms with Gasteiger partial charge in [-0.3, -0.25) is 0 Å². The molecule has 1 saturated carbocycles. The van der Waals surface area contributed by atoms with Crippen molar-refractivity contribution in [1.29, 1.82) is 0 Å². The summed E-state index contributed by atoms with van der Waals surface area (Å²) in [6.07, 6.45) is 10.2. The molecule has 2 N–H and O–H groups in total. The summed E-state index contributed by atoms with van der Waals surface area (Å²) in [7, 11) is 0. The van der Waals surface area contributed by atoms with Crippen LogP contribution in [0, 0.1) is 5.92 Å². The van der Waals surface area contributed by atoms with E-state index in [9.17, 15) is 0 Å². The molecule has 0 aromatic carbocycles. The van der Waals surface area contributed by atoms with E-state index in [1.165, 1.54) is 38.5 Å². The summed E-state index contributed by atoms with van der Waals surface area (Å²) in [5, 5.41) is 6.50. The maximum absolute atomic E-state index is 4.40. The lowest BCUT2D eigenvalue weighted by molar-refractivity contribution is 0.491. The van der Waals surface area contributed by atoms with E-state index >= 15 is 0 Å². The second kappa shape index (κ2) is 7.19. The van der Waals surface area contributed by atoms with Crippen LogP contribution in [0.5, 0.6) is 0 Å². The van der Waals surface area contributed by atoms with Crippen LogP contribution in [-0.4, -0.2) is 23.1 Å². The van der Waals surface area contributed by atoms with Crippen LogP contribution in [0.4, 0.5) is 11.8 Å². The molecule has 1 aromatic rings. The van der Waals surface area contributed by atoms with Gasteiger partial charge in [0.25, 0.3) is 0 Å². The standard InChI is InChI=1S/C14H24N4/c1-2-15-14-17-11-9-13(18-14)16-10-5-8-12-6-3-4-7-12/h9,11-12H,2-8,10H2,1H3,(H2,15,16,17,18). The average molecular weight is 248 g/mol. The van der Waals surface area contributed by atoms with Crippen molar-refractivity contribution >= 4 is 11.8 Å². The van der Waals surface area contributed by atoms with Gasteiger partial charge >= 0.3 is 0 Å². The van der Waals surface area contributed by atoms with Gasteiger partial charge in [0, 0.05) is 19.3 Å². The first-order valence-electron chi connectivity index (χ1n) is 7.19. The summed E-state index contributed by atoms with van der Waals surface area (Å²) in [5.41, 5.74) is 0. The number of aromatic nitrogens is 2. The van der Waals surface area contributed by atoms with Crippen molar-refractivity contribution in [3.8, 4) is 0 Å². The quantitative estimate of drug-likeness (QED) is 0.727. The van der Waals surface area contributed by atoms with Crippen LogP contribution in [0.2, 0.25) is 0 Å². The third-order valence-corrected chi connectivity index (χ3v) is 3.56. The highest BCUT2D eigenvalue weighted by Gasteiger charge is 2.13. The van der Waals surface area contributed by atoms with Crippen LogP contribution in [-0.2, 0) is 0 Å². The number of hydrogen-bond acceptors (Lipinski definition) is 4. The molecule has 0 amide bonds. The first kappa shape index (κ1) is 13.1. The largest absolute Gasteiger partial charge is 0.370 e. The molecular weight excluding hydrogens is 224 g/mol. The minimum atomic E-state index is 0.707. The Morgan fingerprint density at radius 1 is 1.28 bits per heavy atom. The fourth-order valence-corrected chi connectivity index (χ4v) is 2.61. The molecule has 0 spiro atoms. The van der Waals surface area contributed by atoms with E-state index in [0.29, 0.717) is 5.95 Å². The van der Waals surface area contributed by atoms with E-state index in [-0.39, 0.29) is 0 Å². The molecule has 0 unspecified atom stereocenters. The highest BCUT2D eigenvalue weighted by atomic mass is 15.1. The average Bonchev–Trinajstić information content (AvgIpc) is 2.89. The highest BCUT2D eigenvalue weighted by Crippen LogP contribution is 2.28. The smallest absolute Gasteiger partial charge is 0.224 e. The number of anilines is 2. The summed E-state index contributed by atoms with van der Waals surface area (Å²) < 4.78 is 0. The zero-order chi connectivity index (χ0) is 12.6. The van der Waals surface area contributed by atoms with Gasteiger partial charge in [0.15, 0.2) is 0 Å². The molecule has 4 heteroatoms. The number of nitrogens with zero attached hydrogens (tertiary/aromatic N) is 2. The van der Waals surface area contributed by atoms with Crippen LogP contribution in [0.1, 0.15) is 45.4 Å². The van der Waals surface area contributed by atoms with Crippen molar-refractivity contribution in [3.63, 3.8) is 0 Å². The van der Waals surface area contributed by atoms with Crippen LogP contribution in [0.15, 0.2) is 12.3 Å².